The number of ketones is 1. The molecule has 1 atom stereocenters. The number of aromatic nitrogens is 1. The number of benzene rings is 1. The number of hydrogen-bond acceptors (Lipinski definition) is 4. The molecule has 0 amide bonds. The molecule has 0 spiro atoms. The van der Waals surface area contributed by atoms with Crippen LogP contribution in [0.2, 0.25) is 0 Å². The van der Waals surface area contributed by atoms with Crippen molar-refractivity contribution >= 4 is 17.3 Å². The van der Waals surface area contributed by atoms with Gasteiger partial charge >= 0.3 is 0 Å². The zero-order valence-electron chi connectivity index (χ0n) is 25.0. The van der Waals surface area contributed by atoms with E-state index < -0.39 is 0 Å². The Balaban J connectivity index is 0.000000924. The second-order valence-electron chi connectivity index (χ2n) is 9.43. The molecule has 2 heterocycles. The van der Waals surface area contributed by atoms with Gasteiger partial charge in [-0.1, -0.05) is 85.6 Å². The van der Waals surface area contributed by atoms with Gasteiger partial charge in [-0.3, -0.25) is 4.79 Å². The van der Waals surface area contributed by atoms with Crippen molar-refractivity contribution in [2.75, 3.05) is 5.32 Å². The molecule has 0 bridgehead atoms. The van der Waals surface area contributed by atoms with Crippen LogP contribution >= 0.6 is 0 Å². The van der Waals surface area contributed by atoms with Crippen LogP contribution in [0.5, 0.6) is 5.75 Å². The van der Waals surface area contributed by atoms with Crippen molar-refractivity contribution in [3.63, 3.8) is 0 Å². The summed E-state index contributed by atoms with van der Waals surface area (Å²) in [4.78, 5) is 14.4. The second-order valence-corrected chi connectivity index (χ2v) is 9.43. The Labute approximate surface area is 232 Å². The molecule has 0 saturated heterocycles. The standard InChI is InChI=1S/C28H38N2O.C4H6O.C2H6/c1-5-9-10-12-23(11-6-2)24-17-18-29-28-25(24)20-31-27-16-15-22(19-26(27)30-28)14-13-21(7-3)8-4;1-3-4(2)5;1-2/h15-19,21,23H,5-12,20H2,1-4H3,(H,29,30);3H,1H2,2H3;1-2H3. The van der Waals surface area contributed by atoms with Gasteiger partial charge in [0.15, 0.2) is 5.78 Å². The first-order valence-corrected chi connectivity index (χ1v) is 14.6. The third-order valence-corrected chi connectivity index (χ3v) is 6.62. The van der Waals surface area contributed by atoms with Gasteiger partial charge in [-0.15, -0.1) is 0 Å². The molecule has 4 nitrogen and oxygen atoms in total. The SMILES string of the molecule is C=CC(C)=O.CC.CCCCCC(CCC)c1ccnc2c1COc1ccc(C#CC(CC)CC)cc1N2. The third-order valence-electron chi connectivity index (χ3n) is 6.62. The van der Waals surface area contributed by atoms with Crippen LogP contribution in [0.25, 0.3) is 0 Å². The Hall–Kier alpha value is -3.06. The van der Waals surface area contributed by atoms with Crippen LogP contribution in [-0.2, 0) is 11.4 Å². The number of carbonyl (C=O) groups excluding carboxylic acids is 1. The molecule has 0 saturated carbocycles. The van der Waals surface area contributed by atoms with Crippen molar-refractivity contribution in [2.24, 2.45) is 5.92 Å². The molecular weight excluding hydrogens is 468 g/mol. The highest BCUT2D eigenvalue weighted by molar-refractivity contribution is 5.86. The number of ether oxygens (including phenoxy) is 1. The molecule has 1 aliphatic rings. The molecule has 208 valence electrons. The molecule has 1 N–H and O–H groups in total. The van der Waals surface area contributed by atoms with Gasteiger partial charge in [-0.05, 0) is 74.4 Å². The number of allylic oxidation sites excluding steroid dienone is 1. The lowest BCUT2D eigenvalue weighted by molar-refractivity contribution is -0.112. The second kappa shape index (κ2) is 19.1. The van der Waals surface area contributed by atoms with Crippen LogP contribution in [-0.4, -0.2) is 10.8 Å². The quantitative estimate of drug-likeness (QED) is 0.193. The summed E-state index contributed by atoms with van der Waals surface area (Å²) in [5, 5.41) is 3.56. The first kappa shape index (κ1) is 33.0. The fourth-order valence-corrected chi connectivity index (χ4v) is 4.38. The van der Waals surface area contributed by atoms with E-state index in [4.69, 9.17) is 4.74 Å². The summed E-state index contributed by atoms with van der Waals surface area (Å²) < 4.78 is 6.24. The number of hydrogen-bond donors (Lipinski definition) is 1. The van der Waals surface area contributed by atoms with E-state index in [1.165, 1.54) is 62.7 Å². The number of nitrogens with one attached hydrogen (secondary N) is 1. The lowest BCUT2D eigenvalue weighted by Gasteiger charge is -2.21. The number of anilines is 2. The molecule has 4 heteroatoms. The molecule has 1 aliphatic heterocycles. The number of fused-ring (bicyclic) bond motifs is 2. The maximum Gasteiger partial charge on any atom is 0.152 e. The third kappa shape index (κ3) is 10.7. The highest BCUT2D eigenvalue weighted by Gasteiger charge is 2.22. The van der Waals surface area contributed by atoms with Crippen molar-refractivity contribution in [1.82, 2.24) is 4.98 Å². The number of unbranched alkanes of at least 4 members (excludes halogenated alkanes) is 2. The summed E-state index contributed by atoms with van der Waals surface area (Å²) in [5.74, 6) is 9.60. The molecular formula is C34H50N2O2. The Kier molecular flexibility index (Phi) is 16.5. The largest absolute Gasteiger partial charge is 0.487 e. The Morgan fingerprint density at radius 3 is 2.42 bits per heavy atom. The smallest absolute Gasteiger partial charge is 0.152 e. The first-order valence-electron chi connectivity index (χ1n) is 14.6. The highest BCUT2D eigenvalue weighted by Crippen LogP contribution is 2.38. The van der Waals surface area contributed by atoms with E-state index in [9.17, 15) is 4.79 Å². The monoisotopic (exact) mass is 518 g/mol. The molecule has 1 aromatic heterocycles. The van der Waals surface area contributed by atoms with Gasteiger partial charge in [0.25, 0.3) is 0 Å². The van der Waals surface area contributed by atoms with E-state index in [1.54, 1.807) is 0 Å². The Morgan fingerprint density at radius 1 is 1.11 bits per heavy atom. The summed E-state index contributed by atoms with van der Waals surface area (Å²) in [6, 6.07) is 8.40. The first-order chi connectivity index (χ1) is 18.5. The van der Waals surface area contributed by atoms with Crippen LogP contribution in [0.3, 0.4) is 0 Å². The maximum atomic E-state index is 9.69. The summed E-state index contributed by atoms with van der Waals surface area (Å²) in [6.07, 6.45) is 12.9. The number of pyridine rings is 1. The van der Waals surface area contributed by atoms with Gasteiger partial charge in [0.05, 0.1) is 5.69 Å². The van der Waals surface area contributed by atoms with Crippen LogP contribution in [0, 0.1) is 17.8 Å². The normalized spacial score (nSPS) is 11.8. The number of rotatable bonds is 10. The van der Waals surface area contributed by atoms with Gasteiger partial charge in [-0.25, -0.2) is 4.98 Å². The van der Waals surface area contributed by atoms with Crippen molar-refractivity contribution in [1.29, 1.82) is 0 Å². The van der Waals surface area contributed by atoms with Crippen molar-refractivity contribution in [3.05, 3.63) is 59.8 Å². The minimum absolute atomic E-state index is 0.0185. The minimum Gasteiger partial charge on any atom is -0.487 e. The molecule has 2 aromatic rings. The Bertz CT molecular complexity index is 1040. The predicted molar refractivity (Wildman–Crippen MR) is 163 cm³/mol. The fraction of sp³-hybridized carbons (Fsp3) is 0.529. The molecule has 38 heavy (non-hydrogen) atoms. The highest BCUT2D eigenvalue weighted by atomic mass is 16.5. The van der Waals surface area contributed by atoms with E-state index in [1.807, 2.05) is 26.1 Å². The van der Waals surface area contributed by atoms with E-state index in [0.717, 1.165) is 35.7 Å². The van der Waals surface area contributed by atoms with Gasteiger partial charge in [0.1, 0.15) is 18.2 Å². The minimum atomic E-state index is 0.0185. The van der Waals surface area contributed by atoms with Gasteiger partial charge in [0, 0.05) is 23.2 Å². The molecule has 3 rings (SSSR count). The van der Waals surface area contributed by atoms with Crippen LogP contribution in [0.4, 0.5) is 11.5 Å². The molecule has 1 unspecified atom stereocenters. The molecule has 0 radical (unpaired) electrons. The molecule has 0 aliphatic carbocycles. The van der Waals surface area contributed by atoms with Crippen LogP contribution in [0.15, 0.2) is 43.1 Å². The van der Waals surface area contributed by atoms with Crippen LogP contribution in [0.1, 0.15) is 122 Å². The summed E-state index contributed by atoms with van der Waals surface area (Å²) in [7, 11) is 0. The zero-order chi connectivity index (χ0) is 28.3. The summed E-state index contributed by atoms with van der Waals surface area (Å²) >= 11 is 0. The molecule has 1 aromatic carbocycles. The van der Waals surface area contributed by atoms with Gasteiger partial charge in [-0.2, -0.15) is 0 Å². The summed E-state index contributed by atoms with van der Waals surface area (Å²) in [5.41, 5.74) is 4.58. The average Bonchev–Trinajstić information content (AvgIpc) is 3.13. The number of nitrogens with zero attached hydrogens (tertiary/aromatic N) is 1. The van der Waals surface area contributed by atoms with Crippen molar-refractivity contribution in [3.8, 4) is 17.6 Å². The van der Waals surface area contributed by atoms with E-state index >= 15 is 0 Å². The van der Waals surface area contributed by atoms with E-state index in [2.05, 4.69) is 74.6 Å². The van der Waals surface area contributed by atoms with E-state index in [0.29, 0.717) is 18.4 Å². The molecule has 0 fully saturated rings. The zero-order valence-corrected chi connectivity index (χ0v) is 25.0. The van der Waals surface area contributed by atoms with Gasteiger partial charge in [0.2, 0.25) is 0 Å². The van der Waals surface area contributed by atoms with Crippen LogP contribution < -0.4 is 10.1 Å². The average molecular weight is 519 g/mol. The number of carbonyl (C=O) groups is 1. The Morgan fingerprint density at radius 2 is 1.82 bits per heavy atom. The van der Waals surface area contributed by atoms with Crippen molar-refractivity contribution in [2.45, 2.75) is 112 Å². The maximum absolute atomic E-state index is 9.69. The van der Waals surface area contributed by atoms with Gasteiger partial charge < -0.3 is 10.1 Å². The van der Waals surface area contributed by atoms with Crippen molar-refractivity contribution < 1.29 is 9.53 Å². The van der Waals surface area contributed by atoms with E-state index in [-0.39, 0.29) is 5.78 Å². The summed E-state index contributed by atoms with van der Waals surface area (Å²) in [6.45, 7) is 18.2. The lowest BCUT2D eigenvalue weighted by Crippen LogP contribution is -2.08. The fourth-order valence-electron chi connectivity index (χ4n) is 4.38. The predicted octanol–water partition coefficient (Wildman–Crippen LogP) is 9.76. The topological polar surface area (TPSA) is 51.2 Å². The lowest BCUT2D eigenvalue weighted by atomic mass is 9.87.